The third-order valence-electron chi connectivity index (χ3n) is 3.77. The largest absolute Gasteiger partial charge is 0.481 e. The molecule has 1 unspecified atom stereocenters. The zero-order valence-corrected chi connectivity index (χ0v) is 8.31. The zero-order valence-electron chi connectivity index (χ0n) is 8.31. The zero-order chi connectivity index (χ0) is 10.5. The SMILES string of the molecule is O=C(O)[C@@]12CC1CN[C@H]2c1ccccc1. The fourth-order valence-electron chi connectivity index (χ4n) is 2.85. The van der Waals surface area contributed by atoms with Crippen molar-refractivity contribution in [3.05, 3.63) is 35.9 Å². The van der Waals surface area contributed by atoms with Gasteiger partial charge >= 0.3 is 5.97 Å². The Kier molecular flexibility index (Phi) is 1.68. The van der Waals surface area contributed by atoms with Gasteiger partial charge in [-0.3, -0.25) is 4.79 Å². The number of fused-ring (bicyclic) bond motifs is 1. The lowest BCUT2D eigenvalue weighted by molar-refractivity contribution is -0.144. The maximum absolute atomic E-state index is 11.3. The van der Waals surface area contributed by atoms with Crippen LogP contribution in [-0.2, 0) is 4.79 Å². The van der Waals surface area contributed by atoms with E-state index in [0.29, 0.717) is 5.92 Å². The van der Waals surface area contributed by atoms with E-state index in [1.165, 1.54) is 0 Å². The van der Waals surface area contributed by atoms with Crippen LogP contribution in [0.5, 0.6) is 0 Å². The minimum atomic E-state index is -0.647. The van der Waals surface area contributed by atoms with Gasteiger partial charge in [0.2, 0.25) is 0 Å². The Hall–Kier alpha value is -1.35. The second kappa shape index (κ2) is 2.83. The van der Waals surface area contributed by atoms with Gasteiger partial charge in [0, 0.05) is 6.04 Å². The second-order valence-electron chi connectivity index (χ2n) is 4.50. The number of piperidine rings is 1. The quantitative estimate of drug-likeness (QED) is 0.764. The smallest absolute Gasteiger partial charge is 0.311 e. The molecule has 1 aromatic rings. The molecule has 3 atom stereocenters. The van der Waals surface area contributed by atoms with Gasteiger partial charge in [-0.25, -0.2) is 0 Å². The molecule has 78 valence electrons. The summed E-state index contributed by atoms with van der Waals surface area (Å²) in [6.45, 7) is 0.839. The molecule has 1 aliphatic carbocycles. The van der Waals surface area contributed by atoms with Crippen molar-refractivity contribution in [1.82, 2.24) is 5.32 Å². The van der Waals surface area contributed by atoms with E-state index in [0.717, 1.165) is 18.5 Å². The molecule has 2 aliphatic rings. The lowest BCUT2D eigenvalue weighted by atomic mass is 9.91. The fourth-order valence-corrected chi connectivity index (χ4v) is 2.85. The van der Waals surface area contributed by atoms with Gasteiger partial charge in [-0.05, 0) is 24.4 Å². The van der Waals surface area contributed by atoms with E-state index < -0.39 is 11.4 Å². The van der Waals surface area contributed by atoms with E-state index in [1.54, 1.807) is 0 Å². The van der Waals surface area contributed by atoms with E-state index in [2.05, 4.69) is 5.32 Å². The average Bonchev–Trinajstić information content (AvgIpc) is 2.88. The topological polar surface area (TPSA) is 49.3 Å². The number of hydrogen-bond donors (Lipinski definition) is 2. The maximum atomic E-state index is 11.3. The molecule has 0 aromatic heterocycles. The minimum Gasteiger partial charge on any atom is -0.481 e. The van der Waals surface area contributed by atoms with E-state index in [4.69, 9.17) is 0 Å². The molecule has 0 bridgehead atoms. The van der Waals surface area contributed by atoms with Crippen molar-refractivity contribution in [2.75, 3.05) is 6.54 Å². The molecule has 0 radical (unpaired) electrons. The summed E-state index contributed by atoms with van der Waals surface area (Å²) < 4.78 is 0. The van der Waals surface area contributed by atoms with Gasteiger partial charge in [-0.1, -0.05) is 30.3 Å². The molecule has 1 saturated heterocycles. The third kappa shape index (κ3) is 1.07. The highest BCUT2D eigenvalue weighted by atomic mass is 16.4. The van der Waals surface area contributed by atoms with Crippen molar-refractivity contribution in [3.63, 3.8) is 0 Å². The van der Waals surface area contributed by atoms with Gasteiger partial charge in [0.05, 0.1) is 5.41 Å². The Morgan fingerprint density at radius 1 is 1.40 bits per heavy atom. The fraction of sp³-hybridized carbons (Fsp3) is 0.417. The van der Waals surface area contributed by atoms with Crippen molar-refractivity contribution in [1.29, 1.82) is 0 Å². The first-order valence-electron chi connectivity index (χ1n) is 5.27. The molecule has 2 N–H and O–H groups in total. The van der Waals surface area contributed by atoms with Crippen LogP contribution in [0.25, 0.3) is 0 Å². The monoisotopic (exact) mass is 203 g/mol. The highest BCUT2D eigenvalue weighted by Gasteiger charge is 2.68. The number of nitrogens with one attached hydrogen (secondary N) is 1. The van der Waals surface area contributed by atoms with Crippen molar-refractivity contribution in [3.8, 4) is 0 Å². The molecule has 1 aromatic carbocycles. The summed E-state index contributed by atoms with van der Waals surface area (Å²) in [5.74, 6) is -0.313. The Bertz CT molecular complexity index is 403. The average molecular weight is 203 g/mol. The van der Waals surface area contributed by atoms with Crippen LogP contribution in [0, 0.1) is 11.3 Å². The lowest BCUT2D eigenvalue weighted by Gasteiger charge is -2.20. The first kappa shape index (κ1) is 8.92. The number of carboxylic acid groups (broad SMARTS) is 1. The van der Waals surface area contributed by atoms with E-state index in [1.807, 2.05) is 30.3 Å². The number of carboxylic acids is 1. The van der Waals surface area contributed by atoms with Crippen LogP contribution >= 0.6 is 0 Å². The van der Waals surface area contributed by atoms with Crippen LogP contribution in [-0.4, -0.2) is 17.6 Å². The molecule has 1 aliphatic heterocycles. The summed E-state index contributed by atoms with van der Waals surface area (Å²) >= 11 is 0. The summed E-state index contributed by atoms with van der Waals surface area (Å²) in [6, 6.07) is 9.88. The molecule has 3 nitrogen and oxygen atoms in total. The van der Waals surface area contributed by atoms with Crippen LogP contribution in [0.15, 0.2) is 30.3 Å². The number of benzene rings is 1. The van der Waals surface area contributed by atoms with Crippen LogP contribution < -0.4 is 5.32 Å². The Morgan fingerprint density at radius 3 is 2.73 bits per heavy atom. The maximum Gasteiger partial charge on any atom is 0.311 e. The highest BCUT2D eigenvalue weighted by Crippen LogP contribution is 2.63. The molecular weight excluding hydrogens is 190 g/mol. The molecule has 1 saturated carbocycles. The van der Waals surface area contributed by atoms with Crippen LogP contribution in [0.2, 0.25) is 0 Å². The van der Waals surface area contributed by atoms with Gasteiger partial charge in [0.1, 0.15) is 0 Å². The van der Waals surface area contributed by atoms with Crippen molar-refractivity contribution in [2.45, 2.75) is 12.5 Å². The molecule has 2 fully saturated rings. The van der Waals surface area contributed by atoms with Gasteiger partial charge < -0.3 is 10.4 Å². The third-order valence-corrected chi connectivity index (χ3v) is 3.77. The first-order chi connectivity index (χ1) is 7.25. The Labute approximate surface area is 88.1 Å². The van der Waals surface area contributed by atoms with Gasteiger partial charge in [-0.2, -0.15) is 0 Å². The first-order valence-corrected chi connectivity index (χ1v) is 5.27. The van der Waals surface area contributed by atoms with Crippen molar-refractivity contribution in [2.24, 2.45) is 11.3 Å². The minimum absolute atomic E-state index is 0.00111. The Balaban J connectivity index is 1.98. The van der Waals surface area contributed by atoms with Gasteiger partial charge in [0.15, 0.2) is 0 Å². The predicted molar refractivity (Wildman–Crippen MR) is 55.4 cm³/mol. The number of carbonyl (C=O) groups is 1. The standard InChI is InChI=1S/C12H13NO2/c14-11(15)12-6-9(12)7-13-10(12)8-4-2-1-3-5-8/h1-5,9-10,13H,6-7H2,(H,14,15)/t9?,10-,12-/m0/s1. The summed E-state index contributed by atoms with van der Waals surface area (Å²) in [7, 11) is 0. The molecule has 3 rings (SSSR count). The Morgan fingerprint density at radius 2 is 2.13 bits per heavy atom. The van der Waals surface area contributed by atoms with Crippen LogP contribution in [0.1, 0.15) is 18.0 Å². The summed E-state index contributed by atoms with van der Waals surface area (Å²) in [6.07, 6.45) is 0.828. The summed E-state index contributed by atoms with van der Waals surface area (Å²) in [4.78, 5) is 11.3. The highest BCUT2D eigenvalue weighted by molar-refractivity contribution is 5.81. The van der Waals surface area contributed by atoms with E-state index in [-0.39, 0.29) is 6.04 Å². The number of hydrogen-bond acceptors (Lipinski definition) is 2. The second-order valence-corrected chi connectivity index (χ2v) is 4.50. The van der Waals surface area contributed by atoms with Crippen LogP contribution in [0.3, 0.4) is 0 Å². The normalized spacial score (nSPS) is 37.3. The van der Waals surface area contributed by atoms with E-state index >= 15 is 0 Å². The van der Waals surface area contributed by atoms with E-state index in [9.17, 15) is 9.90 Å². The number of rotatable bonds is 2. The molecular formula is C12H13NO2. The van der Waals surface area contributed by atoms with Crippen LogP contribution in [0.4, 0.5) is 0 Å². The molecule has 3 heteroatoms. The molecule has 0 amide bonds. The molecule has 1 heterocycles. The number of aliphatic carboxylic acids is 1. The summed E-state index contributed by atoms with van der Waals surface area (Å²) in [5.41, 5.74) is 0.585. The molecule has 0 spiro atoms. The van der Waals surface area contributed by atoms with Crippen molar-refractivity contribution >= 4 is 5.97 Å². The summed E-state index contributed by atoms with van der Waals surface area (Å²) in [5, 5.41) is 12.6. The lowest BCUT2D eigenvalue weighted by Crippen LogP contribution is -2.28. The van der Waals surface area contributed by atoms with Crippen molar-refractivity contribution < 1.29 is 9.90 Å². The van der Waals surface area contributed by atoms with Gasteiger partial charge in [-0.15, -0.1) is 0 Å². The van der Waals surface area contributed by atoms with Gasteiger partial charge in [0.25, 0.3) is 0 Å². The molecule has 15 heavy (non-hydrogen) atoms. The predicted octanol–water partition coefficient (Wildman–Crippen LogP) is 1.42.